The van der Waals surface area contributed by atoms with Gasteiger partial charge in [0.1, 0.15) is 22.9 Å². The molecule has 0 aliphatic rings. The van der Waals surface area contributed by atoms with Crippen LogP contribution in [0.25, 0.3) is 0 Å². The molecule has 0 spiro atoms. The number of methoxy groups -OCH3 is 2. The van der Waals surface area contributed by atoms with Crippen molar-refractivity contribution in [3.05, 3.63) is 17.7 Å². The third kappa shape index (κ3) is 4.75. The monoisotopic (exact) mass is 315 g/mol. The minimum Gasteiger partial charge on any atom is -0.494 e. The van der Waals surface area contributed by atoms with Crippen LogP contribution in [-0.4, -0.2) is 46.3 Å². The zero-order valence-electron chi connectivity index (χ0n) is 12.2. The highest BCUT2D eigenvalue weighted by Crippen LogP contribution is 2.36. The summed E-state index contributed by atoms with van der Waals surface area (Å²) in [6, 6.07) is 2.72. The summed E-state index contributed by atoms with van der Waals surface area (Å²) in [6.07, 6.45) is 0.977. The Morgan fingerprint density at radius 1 is 1.14 bits per heavy atom. The maximum absolute atomic E-state index is 12.0. The van der Waals surface area contributed by atoms with Crippen molar-refractivity contribution in [3.63, 3.8) is 0 Å². The number of rotatable bonds is 6. The lowest BCUT2D eigenvalue weighted by molar-refractivity contribution is -0.114. The zero-order chi connectivity index (χ0) is 16.2. The number of Topliss-reactive ketones (excluding diaryl/α,β-unsaturated/α-hetero) is 1. The SMILES string of the molecule is COc1cc(C(=O)CS(C)(=O)=O)cc(OC)c1NC(C)=O. The van der Waals surface area contributed by atoms with Gasteiger partial charge >= 0.3 is 0 Å². The molecule has 0 heterocycles. The van der Waals surface area contributed by atoms with Crippen molar-refractivity contribution in [2.24, 2.45) is 0 Å². The number of carbonyl (C=O) groups is 2. The molecule has 0 atom stereocenters. The molecule has 21 heavy (non-hydrogen) atoms. The molecule has 1 aromatic rings. The number of benzene rings is 1. The smallest absolute Gasteiger partial charge is 0.221 e. The molecule has 0 bridgehead atoms. The fourth-order valence-electron chi connectivity index (χ4n) is 1.69. The van der Waals surface area contributed by atoms with Crippen LogP contribution >= 0.6 is 0 Å². The van der Waals surface area contributed by atoms with Crippen LogP contribution in [-0.2, 0) is 14.6 Å². The number of hydrogen-bond acceptors (Lipinski definition) is 6. The van der Waals surface area contributed by atoms with E-state index in [0.29, 0.717) is 0 Å². The molecule has 0 aromatic heterocycles. The summed E-state index contributed by atoms with van der Waals surface area (Å²) in [5.41, 5.74) is 0.409. The van der Waals surface area contributed by atoms with Gasteiger partial charge in [-0.05, 0) is 12.1 Å². The topological polar surface area (TPSA) is 98.8 Å². The average Bonchev–Trinajstić information content (AvgIpc) is 2.36. The zero-order valence-corrected chi connectivity index (χ0v) is 13.0. The van der Waals surface area contributed by atoms with E-state index in [0.717, 1.165) is 6.26 Å². The molecule has 1 rings (SSSR count). The van der Waals surface area contributed by atoms with Crippen molar-refractivity contribution >= 4 is 27.2 Å². The number of anilines is 1. The summed E-state index contributed by atoms with van der Waals surface area (Å²) in [5.74, 6) is -1.10. The molecule has 0 saturated heterocycles. The third-order valence-corrected chi connectivity index (χ3v) is 3.31. The van der Waals surface area contributed by atoms with Crippen LogP contribution in [0.4, 0.5) is 5.69 Å². The second-order valence-electron chi connectivity index (χ2n) is 4.43. The van der Waals surface area contributed by atoms with Crippen LogP contribution in [0.5, 0.6) is 11.5 Å². The summed E-state index contributed by atoms with van der Waals surface area (Å²) in [7, 11) is -0.709. The molecule has 0 fully saturated rings. The number of carbonyl (C=O) groups excluding carboxylic acids is 2. The highest BCUT2D eigenvalue weighted by Gasteiger charge is 2.19. The van der Waals surface area contributed by atoms with Gasteiger partial charge in [0, 0.05) is 18.7 Å². The van der Waals surface area contributed by atoms with Gasteiger partial charge in [0.25, 0.3) is 0 Å². The first-order valence-corrected chi connectivity index (χ1v) is 7.98. The largest absolute Gasteiger partial charge is 0.494 e. The molecule has 8 heteroatoms. The first-order chi connectivity index (χ1) is 9.67. The van der Waals surface area contributed by atoms with Crippen LogP contribution in [0.1, 0.15) is 17.3 Å². The summed E-state index contributed by atoms with van der Waals surface area (Å²) in [5, 5.41) is 2.54. The fraction of sp³-hybridized carbons (Fsp3) is 0.385. The van der Waals surface area contributed by atoms with E-state index in [4.69, 9.17) is 9.47 Å². The van der Waals surface area contributed by atoms with E-state index in [-0.39, 0.29) is 28.7 Å². The van der Waals surface area contributed by atoms with Crippen molar-refractivity contribution in [1.29, 1.82) is 0 Å². The van der Waals surface area contributed by atoms with E-state index >= 15 is 0 Å². The maximum Gasteiger partial charge on any atom is 0.221 e. The Balaban J connectivity index is 3.32. The Labute approximate surface area is 123 Å². The Morgan fingerprint density at radius 2 is 1.62 bits per heavy atom. The lowest BCUT2D eigenvalue weighted by Crippen LogP contribution is -2.15. The minimum atomic E-state index is -3.44. The molecule has 7 nitrogen and oxygen atoms in total. The van der Waals surface area contributed by atoms with Crippen molar-refractivity contribution in [2.75, 3.05) is 31.5 Å². The van der Waals surface area contributed by atoms with Crippen molar-refractivity contribution in [1.82, 2.24) is 0 Å². The van der Waals surface area contributed by atoms with Crippen LogP contribution in [0.3, 0.4) is 0 Å². The van der Waals surface area contributed by atoms with Crippen LogP contribution in [0.2, 0.25) is 0 Å². The minimum absolute atomic E-state index is 0.128. The van der Waals surface area contributed by atoms with E-state index in [9.17, 15) is 18.0 Å². The summed E-state index contributed by atoms with van der Waals surface area (Å²) in [6.45, 7) is 1.32. The van der Waals surface area contributed by atoms with Gasteiger partial charge in [-0.3, -0.25) is 9.59 Å². The van der Waals surface area contributed by atoms with Gasteiger partial charge < -0.3 is 14.8 Å². The third-order valence-electron chi connectivity index (χ3n) is 2.52. The Kier molecular flexibility index (Phi) is 5.31. The molecular weight excluding hydrogens is 298 g/mol. The van der Waals surface area contributed by atoms with Crippen LogP contribution in [0.15, 0.2) is 12.1 Å². The molecule has 0 aliphatic carbocycles. The van der Waals surface area contributed by atoms with Gasteiger partial charge in [-0.1, -0.05) is 0 Å². The molecule has 0 unspecified atom stereocenters. The first-order valence-electron chi connectivity index (χ1n) is 5.92. The normalized spacial score (nSPS) is 10.9. The molecule has 0 radical (unpaired) electrons. The van der Waals surface area contributed by atoms with Crippen molar-refractivity contribution in [3.8, 4) is 11.5 Å². The molecule has 116 valence electrons. The average molecular weight is 315 g/mol. The van der Waals surface area contributed by atoms with Gasteiger partial charge in [0.2, 0.25) is 5.91 Å². The van der Waals surface area contributed by atoms with Crippen molar-refractivity contribution < 1.29 is 27.5 Å². The predicted molar refractivity (Wildman–Crippen MR) is 77.9 cm³/mol. The number of hydrogen-bond donors (Lipinski definition) is 1. The van der Waals surface area contributed by atoms with Crippen molar-refractivity contribution in [2.45, 2.75) is 6.92 Å². The Bertz CT molecular complexity index is 640. The van der Waals surface area contributed by atoms with E-state index in [1.54, 1.807) is 0 Å². The quantitative estimate of drug-likeness (QED) is 0.783. The van der Waals surface area contributed by atoms with Crippen LogP contribution in [0, 0.1) is 0 Å². The molecular formula is C13H17NO6S. The molecule has 0 saturated carbocycles. The molecule has 0 aliphatic heterocycles. The van der Waals surface area contributed by atoms with Crippen LogP contribution < -0.4 is 14.8 Å². The highest BCUT2D eigenvalue weighted by atomic mass is 32.2. The van der Waals surface area contributed by atoms with Gasteiger partial charge in [0.05, 0.1) is 14.2 Å². The number of amides is 1. The standard InChI is InChI=1S/C13H17NO6S/c1-8(15)14-13-11(19-2)5-9(6-12(13)20-3)10(16)7-21(4,17)18/h5-6H,7H2,1-4H3,(H,14,15). The van der Waals surface area contributed by atoms with Gasteiger partial charge in [-0.25, -0.2) is 8.42 Å². The second-order valence-corrected chi connectivity index (χ2v) is 6.57. The first kappa shape index (κ1) is 17.0. The second kappa shape index (κ2) is 6.57. The van der Waals surface area contributed by atoms with Gasteiger partial charge in [0.15, 0.2) is 15.6 Å². The molecule has 1 N–H and O–H groups in total. The van der Waals surface area contributed by atoms with E-state index < -0.39 is 21.4 Å². The summed E-state index contributed by atoms with van der Waals surface area (Å²) < 4.78 is 32.6. The van der Waals surface area contributed by atoms with Gasteiger partial charge in [-0.15, -0.1) is 0 Å². The Hall–Kier alpha value is -2.09. The molecule has 1 aromatic carbocycles. The van der Waals surface area contributed by atoms with E-state index in [2.05, 4.69) is 5.32 Å². The lowest BCUT2D eigenvalue weighted by Gasteiger charge is -2.15. The fourth-order valence-corrected chi connectivity index (χ4v) is 2.34. The number of sulfone groups is 1. The number of ether oxygens (including phenoxy) is 2. The predicted octanol–water partition coefficient (Wildman–Crippen LogP) is 0.889. The number of ketones is 1. The van der Waals surface area contributed by atoms with E-state index in [1.807, 2.05) is 0 Å². The van der Waals surface area contributed by atoms with E-state index in [1.165, 1.54) is 33.3 Å². The summed E-state index contributed by atoms with van der Waals surface area (Å²) >= 11 is 0. The van der Waals surface area contributed by atoms with Gasteiger partial charge in [-0.2, -0.15) is 0 Å². The maximum atomic E-state index is 12.0. The Morgan fingerprint density at radius 3 is 1.95 bits per heavy atom. The lowest BCUT2D eigenvalue weighted by atomic mass is 10.1. The highest BCUT2D eigenvalue weighted by molar-refractivity contribution is 7.91. The molecule has 1 amide bonds. The number of nitrogens with one attached hydrogen (secondary N) is 1. The summed E-state index contributed by atoms with van der Waals surface area (Å²) in [4.78, 5) is 23.1.